The van der Waals surface area contributed by atoms with Crippen molar-refractivity contribution in [2.45, 2.75) is 32.7 Å². The van der Waals surface area contributed by atoms with Gasteiger partial charge in [-0.1, -0.05) is 24.3 Å². The van der Waals surface area contributed by atoms with Crippen LogP contribution in [0.1, 0.15) is 35.2 Å². The van der Waals surface area contributed by atoms with Gasteiger partial charge in [0.2, 0.25) is 5.91 Å². The number of imidazole rings is 1. The summed E-state index contributed by atoms with van der Waals surface area (Å²) in [6.07, 6.45) is 6.37. The average Bonchev–Trinajstić information content (AvgIpc) is 3.26. The van der Waals surface area contributed by atoms with Crippen molar-refractivity contribution in [3.63, 3.8) is 0 Å². The van der Waals surface area contributed by atoms with Crippen LogP contribution in [0.3, 0.4) is 0 Å². The topological polar surface area (TPSA) is 74.0 Å². The van der Waals surface area contributed by atoms with Crippen LogP contribution < -0.4 is 10.2 Å². The zero-order valence-electron chi connectivity index (χ0n) is 18.5. The van der Waals surface area contributed by atoms with E-state index in [4.69, 9.17) is 5.26 Å². The SMILES string of the molecule is Cc1cccc(N2CCC[C@H](C(=O)NCCc3cncn3Cc3ccc(C#N)cc3)C2)c1. The number of hydrogen-bond donors (Lipinski definition) is 1. The first kappa shape index (κ1) is 21.6. The number of amides is 1. The van der Waals surface area contributed by atoms with Crippen LogP contribution >= 0.6 is 0 Å². The predicted molar refractivity (Wildman–Crippen MR) is 125 cm³/mol. The normalized spacial score (nSPS) is 15.9. The van der Waals surface area contributed by atoms with Crippen LogP contribution in [0.2, 0.25) is 0 Å². The van der Waals surface area contributed by atoms with E-state index in [1.165, 1.54) is 11.3 Å². The number of anilines is 1. The van der Waals surface area contributed by atoms with Gasteiger partial charge in [0.05, 0.1) is 23.9 Å². The van der Waals surface area contributed by atoms with Gasteiger partial charge in [-0.05, 0) is 55.2 Å². The molecule has 1 aliphatic heterocycles. The molecule has 0 bridgehead atoms. The molecule has 32 heavy (non-hydrogen) atoms. The van der Waals surface area contributed by atoms with Gasteiger partial charge >= 0.3 is 0 Å². The number of aryl methyl sites for hydroxylation is 1. The maximum Gasteiger partial charge on any atom is 0.224 e. The molecule has 1 fully saturated rings. The fourth-order valence-electron chi connectivity index (χ4n) is 4.29. The van der Waals surface area contributed by atoms with Gasteiger partial charge in [-0.25, -0.2) is 4.98 Å². The second kappa shape index (κ2) is 10.1. The number of benzene rings is 2. The molecule has 3 aromatic rings. The lowest BCUT2D eigenvalue weighted by molar-refractivity contribution is -0.125. The maximum absolute atomic E-state index is 12.8. The Bertz CT molecular complexity index is 1100. The van der Waals surface area contributed by atoms with E-state index in [0.29, 0.717) is 18.7 Å². The molecule has 1 amide bonds. The molecular weight excluding hydrogens is 398 g/mol. The number of carbonyl (C=O) groups excluding carboxylic acids is 1. The van der Waals surface area contributed by atoms with E-state index in [1.807, 2.05) is 36.8 Å². The first-order chi connectivity index (χ1) is 15.6. The van der Waals surface area contributed by atoms with Crippen molar-refractivity contribution in [3.8, 4) is 6.07 Å². The number of hydrogen-bond acceptors (Lipinski definition) is 4. The molecular formula is C26H29N5O. The first-order valence-corrected chi connectivity index (χ1v) is 11.2. The minimum Gasteiger partial charge on any atom is -0.371 e. The largest absolute Gasteiger partial charge is 0.371 e. The molecule has 6 heteroatoms. The highest BCUT2D eigenvalue weighted by molar-refractivity contribution is 5.79. The second-order valence-corrected chi connectivity index (χ2v) is 8.49. The summed E-state index contributed by atoms with van der Waals surface area (Å²) in [5.41, 5.74) is 5.30. The number of piperidine rings is 1. The lowest BCUT2D eigenvalue weighted by atomic mass is 9.96. The van der Waals surface area contributed by atoms with Crippen molar-refractivity contribution in [1.29, 1.82) is 5.26 Å². The smallest absolute Gasteiger partial charge is 0.224 e. The molecule has 1 N–H and O–H groups in total. The second-order valence-electron chi connectivity index (χ2n) is 8.49. The van der Waals surface area contributed by atoms with Crippen LogP contribution in [-0.4, -0.2) is 35.1 Å². The van der Waals surface area contributed by atoms with Gasteiger partial charge in [0.25, 0.3) is 0 Å². The number of nitrogens with zero attached hydrogens (tertiary/aromatic N) is 4. The maximum atomic E-state index is 12.8. The zero-order valence-corrected chi connectivity index (χ0v) is 18.5. The van der Waals surface area contributed by atoms with E-state index in [1.54, 1.807) is 0 Å². The van der Waals surface area contributed by atoms with Crippen LogP contribution in [0.4, 0.5) is 5.69 Å². The molecule has 164 valence electrons. The minimum atomic E-state index is 0.0211. The molecule has 4 rings (SSSR count). The summed E-state index contributed by atoms with van der Waals surface area (Å²) in [5, 5.41) is 12.1. The first-order valence-electron chi connectivity index (χ1n) is 11.2. The number of nitrogens with one attached hydrogen (secondary N) is 1. The van der Waals surface area contributed by atoms with Crippen LogP contribution in [0.5, 0.6) is 0 Å². The number of carbonyl (C=O) groups is 1. The monoisotopic (exact) mass is 427 g/mol. The van der Waals surface area contributed by atoms with E-state index in [2.05, 4.69) is 57.0 Å². The Morgan fingerprint density at radius 1 is 1.25 bits per heavy atom. The Morgan fingerprint density at radius 3 is 2.88 bits per heavy atom. The third kappa shape index (κ3) is 5.36. The highest BCUT2D eigenvalue weighted by atomic mass is 16.1. The van der Waals surface area contributed by atoms with Crippen LogP contribution in [0.25, 0.3) is 0 Å². The van der Waals surface area contributed by atoms with Gasteiger partial charge < -0.3 is 14.8 Å². The summed E-state index contributed by atoms with van der Waals surface area (Å²) in [4.78, 5) is 19.4. The fraction of sp³-hybridized carbons (Fsp3) is 0.346. The standard InChI is InChI=1S/C26H29N5O/c1-20-4-2-6-24(14-20)30-13-3-5-23(18-30)26(32)29-12-11-25-16-28-19-31(25)17-22-9-7-21(15-27)8-10-22/h2,4,6-10,14,16,19,23H,3,5,11-13,17-18H2,1H3,(H,29,32)/t23-/m0/s1. The molecule has 2 heterocycles. The highest BCUT2D eigenvalue weighted by Gasteiger charge is 2.25. The molecule has 0 spiro atoms. The summed E-state index contributed by atoms with van der Waals surface area (Å²) in [5.74, 6) is 0.160. The minimum absolute atomic E-state index is 0.0211. The van der Waals surface area contributed by atoms with Crippen LogP contribution in [0.15, 0.2) is 61.1 Å². The van der Waals surface area contributed by atoms with Crippen molar-refractivity contribution < 1.29 is 4.79 Å². The lowest BCUT2D eigenvalue weighted by Gasteiger charge is -2.34. The highest BCUT2D eigenvalue weighted by Crippen LogP contribution is 2.24. The van der Waals surface area contributed by atoms with Gasteiger partial charge in [-0.15, -0.1) is 0 Å². The summed E-state index contributed by atoms with van der Waals surface area (Å²) in [6.45, 7) is 5.17. The Labute approximate surface area is 189 Å². The van der Waals surface area contributed by atoms with Crippen molar-refractivity contribution in [1.82, 2.24) is 14.9 Å². The molecule has 0 radical (unpaired) electrons. The molecule has 0 unspecified atom stereocenters. The third-order valence-corrected chi connectivity index (χ3v) is 6.07. The fourth-order valence-corrected chi connectivity index (χ4v) is 4.29. The summed E-state index contributed by atoms with van der Waals surface area (Å²) in [7, 11) is 0. The molecule has 2 aromatic carbocycles. The van der Waals surface area contributed by atoms with Gasteiger partial charge in [0.15, 0.2) is 0 Å². The molecule has 1 saturated heterocycles. The molecule has 0 aliphatic carbocycles. The summed E-state index contributed by atoms with van der Waals surface area (Å²) >= 11 is 0. The van der Waals surface area contributed by atoms with Gasteiger partial charge in [-0.2, -0.15) is 5.26 Å². The predicted octanol–water partition coefficient (Wildman–Crippen LogP) is 3.69. The molecule has 1 aromatic heterocycles. The van der Waals surface area contributed by atoms with E-state index in [-0.39, 0.29) is 11.8 Å². The molecule has 6 nitrogen and oxygen atoms in total. The van der Waals surface area contributed by atoms with E-state index < -0.39 is 0 Å². The molecule has 1 aliphatic rings. The van der Waals surface area contributed by atoms with E-state index in [0.717, 1.165) is 43.6 Å². The Kier molecular flexibility index (Phi) is 6.86. The third-order valence-electron chi connectivity index (χ3n) is 6.07. The lowest BCUT2D eigenvalue weighted by Crippen LogP contribution is -2.43. The van der Waals surface area contributed by atoms with Crippen LogP contribution in [-0.2, 0) is 17.8 Å². The van der Waals surface area contributed by atoms with Crippen molar-refractivity contribution >= 4 is 11.6 Å². The Balaban J connectivity index is 1.28. The van der Waals surface area contributed by atoms with E-state index >= 15 is 0 Å². The quantitative estimate of drug-likeness (QED) is 0.624. The summed E-state index contributed by atoms with van der Waals surface area (Å²) in [6, 6.07) is 18.2. The van der Waals surface area contributed by atoms with Gasteiger partial charge in [0.1, 0.15) is 0 Å². The van der Waals surface area contributed by atoms with Crippen molar-refractivity contribution in [2.75, 3.05) is 24.5 Å². The van der Waals surface area contributed by atoms with Gasteiger partial charge in [0, 0.05) is 50.2 Å². The molecule has 0 saturated carbocycles. The number of rotatable bonds is 7. The molecule has 1 atom stereocenters. The number of nitriles is 1. The van der Waals surface area contributed by atoms with Crippen molar-refractivity contribution in [2.24, 2.45) is 5.92 Å². The van der Waals surface area contributed by atoms with Crippen molar-refractivity contribution in [3.05, 3.63) is 83.4 Å². The zero-order chi connectivity index (χ0) is 22.3. The summed E-state index contributed by atoms with van der Waals surface area (Å²) < 4.78 is 2.09. The van der Waals surface area contributed by atoms with E-state index in [9.17, 15) is 4.79 Å². The Hall–Kier alpha value is -3.59. The van der Waals surface area contributed by atoms with Crippen LogP contribution in [0, 0.1) is 24.2 Å². The van der Waals surface area contributed by atoms with Gasteiger partial charge in [-0.3, -0.25) is 4.79 Å². The average molecular weight is 428 g/mol. The number of aromatic nitrogens is 2. The Morgan fingerprint density at radius 2 is 2.09 bits per heavy atom.